The summed E-state index contributed by atoms with van der Waals surface area (Å²) in [6.45, 7) is 3.15. The van der Waals surface area contributed by atoms with E-state index in [-0.39, 0.29) is 28.6 Å². The second-order valence-electron chi connectivity index (χ2n) is 5.67. The number of hydrogen-bond donors (Lipinski definition) is 4. The zero-order valence-electron chi connectivity index (χ0n) is 13.0. The average molecular weight is 338 g/mol. The highest BCUT2D eigenvalue weighted by molar-refractivity contribution is 6.13. The van der Waals surface area contributed by atoms with E-state index in [4.69, 9.17) is 14.2 Å². The number of hydrogen-bond acceptors (Lipinski definition) is 8. The number of aliphatic hydroxyl groups excluding tert-OH is 3. The van der Waals surface area contributed by atoms with Crippen molar-refractivity contribution in [3.8, 4) is 17.2 Å². The average Bonchev–Trinajstić information content (AvgIpc) is 2.90. The molecule has 0 aliphatic carbocycles. The molecule has 5 atom stereocenters. The molecule has 0 saturated carbocycles. The number of benzene rings is 1. The van der Waals surface area contributed by atoms with Gasteiger partial charge >= 0.3 is 0 Å². The van der Waals surface area contributed by atoms with Crippen LogP contribution in [0, 0.1) is 0 Å². The minimum absolute atomic E-state index is 0.0375. The van der Waals surface area contributed by atoms with E-state index in [0.29, 0.717) is 0 Å². The molecule has 1 fully saturated rings. The number of aliphatic hydroxyl groups is 3. The smallest absolute Gasteiger partial charge is 0.231 e. The summed E-state index contributed by atoms with van der Waals surface area (Å²) in [4.78, 5) is 12.0. The van der Waals surface area contributed by atoms with Gasteiger partial charge in [0.05, 0.1) is 11.7 Å². The summed E-state index contributed by atoms with van der Waals surface area (Å²) in [5.74, 6) is -0.793. The Hall–Kier alpha value is -2.13. The molecule has 24 heavy (non-hydrogen) atoms. The molecule has 8 nitrogen and oxygen atoms in total. The molecule has 1 aromatic rings. The third kappa shape index (κ3) is 2.53. The molecule has 5 unspecified atom stereocenters. The van der Waals surface area contributed by atoms with E-state index in [1.165, 1.54) is 25.1 Å². The van der Waals surface area contributed by atoms with E-state index in [0.717, 1.165) is 0 Å². The first-order valence-corrected chi connectivity index (χ1v) is 7.46. The minimum Gasteiger partial charge on any atom is -0.502 e. The summed E-state index contributed by atoms with van der Waals surface area (Å²) in [6.07, 6.45) is -4.83. The molecular formula is C16H18O8. The largest absolute Gasteiger partial charge is 0.502 e. The molecule has 0 bridgehead atoms. The van der Waals surface area contributed by atoms with Crippen LogP contribution in [0.25, 0.3) is 0 Å². The van der Waals surface area contributed by atoms with Gasteiger partial charge in [-0.25, -0.2) is 0 Å². The molecule has 2 heterocycles. The molecule has 3 rings (SSSR count). The van der Waals surface area contributed by atoms with Crippen LogP contribution >= 0.6 is 0 Å². The highest BCUT2D eigenvalue weighted by Crippen LogP contribution is 2.45. The first-order valence-electron chi connectivity index (χ1n) is 7.46. The number of phenols is 1. The van der Waals surface area contributed by atoms with E-state index in [9.17, 15) is 25.2 Å². The fourth-order valence-corrected chi connectivity index (χ4v) is 2.65. The van der Waals surface area contributed by atoms with Crippen molar-refractivity contribution in [1.82, 2.24) is 0 Å². The van der Waals surface area contributed by atoms with Gasteiger partial charge in [0.25, 0.3) is 0 Å². The number of allylic oxidation sites excluding steroid dienone is 2. The summed E-state index contributed by atoms with van der Waals surface area (Å²) in [7, 11) is 0. The topological polar surface area (TPSA) is 126 Å². The fraction of sp³-hybridized carbons (Fsp3) is 0.438. The van der Waals surface area contributed by atoms with Gasteiger partial charge in [-0.15, -0.1) is 0 Å². The van der Waals surface area contributed by atoms with Crippen molar-refractivity contribution >= 4 is 5.78 Å². The van der Waals surface area contributed by atoms with Gasteiger partial charge in [0.15, 0.2) is 17.3 Å². The lowest BCUT2D eigenvalue weighted by Gasteiger charge is -2.38. The molecular weight excluding hydrogens is 320 g/mol. The van der Waals surface area contributed by atoms with Crippen molar-refractivity contribution in [2.75, 3.05) is 0 Å². The van der Waals surface area contributed by atoms with Crippen LogP contribution in [-0.4, -0.2) is 56.9 Å². The number of rotatable bonds is 2. The van der Waals surface area contributed by atoms with Gasteiger partial charge in [-0.2, -0.15) is 0 Å². The van der Waals surface area contributed by atoms with E-state index in [2.05, 4.69) is 0 Å². The van der Waals surface area contributed by atoms with Gasteiger partial charge in [0, 0.05) is 0 Å². The third-order valence-corrected chi connectivity index (χ3v) is 4.09. The van der Waals surface area contributed by atoms with Gasteiger partial charge in [-0.3, -0.25) is 4.79 Å². The molecule has 0 aromatic heterocycles. The first kappa shape index (κ1) is 16.7. The highest BCUT2D eigenvalue weighted by atomic mass is 16.7. The molecule has 0 radical (unpaired) electrons. The molecule has 1 saturated heterocycles. The van der Waals surface area contributed by atoms with Crippen molar-refractivity contribution < 1.29 is 39.4 Å². The quantitative estimate of drug-likeness (QED) is 0.559. The highest BCUT2D eigenvalue weighted by Gasteiger charge is 2.43. The lowest BCUT2D eigenvalue weighted by molar-refractivity contribution is -0.268. The summed E-state index contributed by atoms with van der Waals surface area (Å²) in [5, 5.41) is 39.7. The number of ether oxygens (including phenoxy) is 3. The second-order valence-corrected chi connectivity index (χ2v) is 5.67. The number of phenolic OH excluding ortho intramolecular Hbond substituents is 1. The number of fused-ring (bicyclic) bond motifs is 1. The minimum atomic E-state index is -1.52. The maximum atomic E-state index is 12.0. The van der Waals surface area contributed by atoms with Crippen molar-refractivity contribution in [2.24, 2.45) is 0 Å². The molecule has 4 N–H and O–H groups in total. The number of carbonyl (C=O) groups excluding carboxylic acids is 1. The zero-order valence-corrected chi connectivity index (χ0v) is 13.0. The number of aromatic hydroxyl groups is 1. The summed E-state index contributed by atoms with van der Waals surface area (Å²) in [6, 6.07) is 2.76. The Balaban J connectivity index is 1.86. The molecule has 0 amide bonds. The normalized spacial score (nSPS) is 34.1. The molecule has 2 aliphatic heterocycles. The molecule has 8 heteroatoms. The van der Waals surface area contributed by atoms with Crippen molar-refractivity contribution in [3.63, 3.8) is 0 Å². The van der Waals surface area contributed by atoms with Gasteiger partial charge < -0.3 is 34.6 Å². The Bertz CT molecular complexity index is 698. The van der Waals surface area contributed by atoms with Crippen LogP contribution in [0.15, 0.2) is 24.0 Å². The van der Waals surface area contributed by atoms with Crippen LogP contribution in [0.4, 0.5) is 0 Å². The molecule has 130 valence electrons. The van der Waals surface area contributed by atoms with Gasteiger partial charge in [-0.05, 0) is 32.1 Å². The van der Waals surface area contributed by atoms with E-state index >= 15 is 0 Å². The van der Waals surface area contributed by atoms with Crippen LogP contribution in [0.5, 0.6) is 17.2 Å². The zero-order chi connectivity index (χ0) is 17.6. The van der Waals surface area contributed by atoms with Crippen molar-refractivity contribution in [3.05, 3.63) is 29.5 Å². The van der Waals surface area contributed by atoms with Crippen LogP contribution in [0.1, 0.15) is 24.2 Å². The third-order valence-electron chi connectivity index (χ3n) is 4.09. The van der Waals surface area contributed by atoms with Gasteiger partial charge in [0.2, 0.25) is 17.8 Å². The van der Waals surface area contributed by atoms with Crippen LogP contribution in [0.2, 0.25) is 0 Å². The predicted molar refractivity (Wildman–Crippen MR) is 79.8 cm³/mol. The van der Waals surface area contributed by atoms with Crippen LogP contribution < -0.4 is 9.47 Å². The summed E-state index contributed by atoms with van der Waals surface area (Å²) >= 11 is 0. The lowest BCUT2D eigenvalue weighted by Crippen LogP contribution is -2.58. The van der Waals surface area contributed by atoms with Gasteiger partial charge in [-0.1, -0.05) is 0 Å². The van der Waals surface area contributed by atoms with E-state index < -0.39 is 36.5 Å². The molecule has 2 aliphatic rings. The monoisotopic (exact) mass is 338 g/mol. The van der Waals surface area contributed by atoms with Gasteiger partial charge in [0.1, 0.15) is 18.3 Å². The Labute approximate surface area is 137 Å². The standard InChI is InChI=1S/C16H18O8/c1-3-8-11(18)7-4-5-9(12(19)15(7)23-8)24-16-14(21)13(20)10(17)6(2)22-16/h3-6,10,13-14,16-17,19-21H,1-2H3/b8-3-. The van der Waals surface area contributed by atoms with Crippen molar-refractivity contribution in [2.45, 2.75) is 44.6 Å². The van der Waals surface area contributed by atoms with E-state index in [1.807, 2.05) is 0 Å². The SMILES string of the molecule is C/C=C1\Oc2c(ccc(OC3OC(C)C(O)C(O)C3O)c2O)C1=O. The van der Waals surface area contributed by atoms with Crippen LogP contribution in [0.3, 0.4) is 0 Å². The first-order chi connectivity index (χ1) is 11.3. The second kappa shape index (κ2) is 6.06. The Kier molecular flexibility index (Phi) is 4.22. The maximum absolute atomic E-state index is 12.0. The number of ketones is 1. The molecule has 1 aromatic carbocycles. The Morgan fingerprint density at radius 1 is 1.17 bits per heavy atom. The Morgan fingerprint density at radius 2 is 1.88 bits per heavy atom. The number of Topliss-reactive ketones (excluding diaryl/α,β-unsaturated/α-hetero) is 1. The number of carbonyl (C=O) groups is 1. The van der Waals surface area contributed by atoms with E-state index in [1.54, 1.807) is 6.92 Å². The van der Waals surface area contributed by atoms with Crippen LogP contribution in [-0.2, 0) is 4.74 Å². The summed E-state index contributed by atoms with van der Waals surface area (Å²) in [5.41, 5.74) is 0.196. The summed E-state index contributed by atoms with van der Waals surface area (Å²) < 4.78 is 16.0. The fourth-order valence-electron chi connectivity index (χ4n) is 2.65. The maximum Gasteiger partial charge on any atom is 0.231 e. The predicted octanol–water partition coefficient (Wildman–Crippen LogP) is 0.0774. The van der Waals surface area contributed by atoms with Crippen molar-refractivity contribution in [1.29, 1.82) is 0 Å². The Morgan fingerprint density at radius 3 is 2.54 bits per heavy atom. The lowest BCUT2D eigenvalue weighted by atomic mass is 10.00. The molecule has 0 spiro atoms.